The fourth-order valence-electron chi connectivity index (χ4n) is 4.66. The molecule has 1 aromatic heterocycles. The third-order valence-corrected chi connectivity index (χ3v) is 5.96. The van der Waals surface area contributed by atoms with E-state index in [4.69, 9.17) is 5.26 Å². The van der Waals surface area contributed by atoms with E-state index in [-0.39, 0.29) is 0 Å². The van der Waals surface area contributed by atoms with Crippen molar-refractivity contribution in [1.82, 2.24) is 14.5 Å². The van der Waals surface area contributed by atoms with Crippen LogP contribution in [0.25, 0.3) is 11.4 Å². The summed E-state index contributed by atoms with van der Waals surface area (Å²) < 4.78 is 2.28. The zero-order valence-corrected chi connectivity index (χ0v) is 14.8. The SMILES string of the molecule is N#Cc1ccc(-c2nccn2CC[C@@H]2CCCN3CCCC[C@H]23)cc1. The van der Waals surface area contributed by atoms with Gasteiger partial charge in [0.2, 0.25) is 0 Å². The van der Waals surface area contributed by atoms with E-state index in [1.54, 1.807) is 0 Å². The third kappa shape index (κ3) is 3.48. The van der Waals surface area contributed by atoms with E-state index >= 15 is 0 Å². The van der Waals surface area contributed by atoms with Gasteiger partial charge in [-0.1, -0.05) is 6.42 Å². The minimum atomic E-state index is 0.696. The topological polar surface area (TPSA) is 44.9 Å². The largest absolute Gasteiger partial charge is 0.331 e. The number of piperidine rings is 2. The van der Waals surface area contributed by atoms with Crippen LogP contribution < -0.4 is 0 Å². The van der Waals surface area contributed by atoms with Crippen molar-refractivity contribution in [2.75, 3.05) is 13.1 Å². The van der Waals surface area contributed by atoms with Crippen LogP contribution in [-0.4, -0.2) is 33.6 Å². The Balaban J connectivity index is 1.45. The highest BCUT2D eigenvalue weighted by atomic mass is 15.2. The lowest BCUT2D eigenvalue weighted by atomic mass is 9.81. The van der Waals surface area contributed by atoms with Crippen LogP contribution in [0.15, 0.2) is 36.7 Å². The minimum absolute atomic E-state index is 0.696. The number of nitrogens with zero attached hydrogens (tertiary/aromatic N) is 4. The molecule has 0 bridgehead atoms. The van der Waals surface area contributed by atoms with Crippen LogP contribution in [0.1, 0.15) is 44.1 Å². The summed E-state index contributed by atoms with van der Waals surface area (Å²) >= 11 is 0. The molecule has 3 heterocycles. The smallest absolute Gasteiger partial charge is 0.139 e. The summed E-state index contributed by atoms with van der Waals surface area (Å²) in [6, 6.07) is 10.7. The van der Waals surface area contributed by atoms with Crippen LogP contribution in [0.2, 0.25) is 0 Å². The second kappa shape index (κ2) is 7.41. The number of nitriles is 1. The molecule has 4 heteroatoms. The van der Waals surface area contributed by atoms with Gasteiger partial charge in [-0.05, 0) is 75.4 Å². The van der Waals surface area contributed by atoms with E-state index in [0.717, 1.165) is 29.9 Å². The highest BCUT2D eigenvalue weighted by molar-refractivity contribution is 5.57. The summed E-state index contributed by atoms with van der Waals surface area (Å²) in [5.74, 6) is 1.84. The van der Waals surface area contributed by atoms with Crippen LogP contribution in [0.5, 0.6) is 0 Å². The van der Waals surface area contributed by atoms with Crippen molar-refractivity contribution in [2.24, 2.45) is 5.92 Å². The van der Waals surface area contributed by atoms with Crippen LogP contribution in [0, 0.1) is 17.2 Å². The number of aryl methyl sites for hydroxylation is 1. The lowest BCUT2D eigenvalue weighted by Crippen LogP contribution is -2.48. The van der Waals surface area contributed by atoms with E-state index in [9.17, 15) is 0 Å². The van der Waals surface area contributed by atoms with E-state index in [2.05, 4.69) is 26.7 Å². The molecule has 2 aromatic rings. The summed E-state index contributed by atoms with van der Waals surface area (Å²) in [6.45, 7) is 3.65. The molecule has 2 saturated heterocycles. The average molecular weight is 334 g/mol. The number of imidazole rings is 1. The lowest BCUT2D eigenvalue weighted by Gasteiger charge is -2.44. The molecule has 0 unspecified atom stereocenters. The van der Waals surface area contributed by atoms with Gasteiger partial charge >= 0.3 is 0 Å². The number of fused-ring (bicyclic) bond motifs is 1. The molecule has 2 atom stereocenters. The van der Waals surface area contributed by atoms with Gasteiger partial charge in [-0.25, -0.2) is 4.98 Å². The zero-order chi connectivity index (χ0) is 17.1. The Bertz CT molecular complexity index is 738. The van der Waals surface area contributed by atoms with Crippen LogP contribution >= 0.6 is 0 Å². The van der Waals surface area contributed by atoms with Crippen molar-refractivity contribution in [3.05, 3.63) is 42.2 Å². The molecule has 0 aliphatic carbocycles. The zero-order valence-electron chi connectivity index (χ0n) is 14.8. The second-order valence-corrected chi connectivity index (χ2v) is 7.42. The van der Waals surface area contributed by atoms with Gasteiger partial charge in [0.1, 0.15) is 5.82 Å². The Morgan fingerprint density at radius 1 is 1.08 bits per heavy atom. The fourth-order valence-corrected chi connectivity index (χ4v) is 4.66. The standard InChI is InChI=1S/C21H26N4/c22-16-17-6-8-19(9-7-17)21-23-11-15-25(21)14-10-18-4-3-13-24-12-2-1-5-20(18)24/h6-9,11,15,18,20H,1-5,10,12-14H2/t18-,20+/m0/s1. The lowest BCUT2D eigenvalue weighted by molar-refractivity contribution is 0.0539. The molecule has 0 N–H and O–H groups in total. The summed E-state index contributed by atoms with van der Waals surface area (Å²) in [7, 11) is 0. The first kappa shape index (κ1) is 16.4. The van der Waals surface area contributed by atoms with E-state index < -0.39 is 0 Å². The van der Waals surface area contributed by atoms with Gasteiger partial charge in [0.05, 0.1) is 11.6 Å². The number of benzene rings is 1. The van der Waals surface area contributed by atoms with Crippen molar-refractivity contribution in [3.63, 3.8) is 0 Å². The van der Waals surface area contributed by atoms with Gasteiger partial charge in [0, 0.05) is 30.5 Å². The summed E-state index contributed by atoms with van der Waals surface area (Å²) in [4.78, 5) is 7.30. The molecular formula is C21H26N4. The molecule has 1 aromatic carbocycles. The molecule has 2 fully saturated rings. The number of rotatable bonds is 4. The Kier molecular flexibility index (Phi) is 4.85. The normalized spacial score (nSPS) is 23.8. The molecule has 4 rings (SSSR count). The molecule has 0 amide bonds. The first-order valence-corrected chi connectivity index (χ1v) is 9.61. The van der Waals surface area contributed by atoms with Gasteiger partial charge < -0.3 is 9.47 Å². The Hall–Kier alpha value is -2.12. The fraction of sp³-hybridized carbons (Fsp3) is 0.524. The van der Waals surface area contributed by atoms with E-state index in [1.807, 2.05) is 30.5 Å². The summed E-state index contributed by atoms with van der Waals surface area (Å²) in [6.07, 6.45) is 12.1. The predicted octanol–water partition coefficient (Wildman–Crippen LogP) is 4.08. The van der Waals surface area contributed by atoms with E-state index in [0.29, 0.717) is 5.56 Å². The minimum Gasteiger partial charge on any atom is -0.331 e. The highest BCUT2D eigenvalue weighted by Gasteiger charge is 2.32. The molecule has 2 aliphatic rings. The summed E-state index contributed by atoms with van der Waals surface area (Å²) in [5.41, 5.74) is 1.79. The maximum absolute atomic E-state index is 8.96. The Morgan fingerprint density at radius 2 is 1.92 bits per heavy atom. The van der Waals surface area contributed by atoms with Gasteiger partial charge in [-0.3, -0.25) is 0 Å². The predicted molar refractivity (Wildman–Crippen MR) is 98.9 cm³/mol. The van der Waals surface area contributed by atoms with Crippen molar-refractivity contribution < 1.29 is 0 Å². The molecule has 2 aliphatic heterocycles. The van der Waals surface area contributed by atoms with E-state index in [1.165, 1.54) is 51.6 Å². The van der Waals surface area contributed by atoms with Gasteiger partial charge in [-0.15, -0.1) is 0 Å². The van der Waals surface area contributed by atoms with Gasteiger partial charge in [-0.2, -0.15) is 5.26 Å². The molecular weight excluding hydrogens is 308 g/mol. The van der Waals surface area contributed by atoms with Gasteiger partial charge in [0.15, 0.2) is 0 Å². The maximum atomic E-state index is 8.96. The van der Waals surface area contributed by atoms with Crippen molar-refractivity contribution in [1.29, 1.82) is 5.26 Å². The summed E-state index contributed by atoms with van der Waals surface area (Å²) in [5, 5.41) is 8.96. The Morgan fingerprint density at radius 3 is 2.76 bits per heavy atom. The van der Waals surface area contributed by atoms with Crippen molar-refractivity contribution in [2.45, 2.75) is 51.1 Å². The quantitative estimate of drug-likeness (QED) is 0.846. The molecule has 0 spiro atoms. The van der Waals surface area contributed by atoms with Gasteiger partial charge in [0.25, 0.3) is 0 Å². The molecule has 130 valence electrons. The highest BCUT2D eigenvalue weighted by Crippen LogP contribution is 2.33. The monoisotopic (exact) mass is 334 g/mol. The Labute approximate surface area is 150 Å². The van der Waals surface area contributed by atoms with Crippen LogP contribution in [0.4, 0.5) is 0 Å². The third-order valence-electron chi connectivity index (χ3n) is 5.96. The molecule has 25 heavy (non-hydrogen) atoms. The first-order chi connectivity index (χ1) is 12.3. The maximum Gasteiger partial charge on any atom is 0.139 e. The van der Waals surface area contributed by atoms with Crippen LogP contribution in [0.3, 0.4) is 0 Å². The van der Waals surface area contributed by atoms with Crippen molar-refractivity contribution >= 4 is 0 Å². The number of hydrogen-bond donors (Lipinski definition) is 0. The van der Waals surface area contributed by atoms with Crippen LogP contribution in [-0.2, 0) is 6.54 Å². The molecule has 4 nitrogen and oxygen atoms in total. The van der Waals surface area contributed by atoms with Crippen molar-refractivity contribution in [3.8, 4) is 17.5 Å². The molecule has 0 radical (unpaired) electrons. The first-order valence-electron chi connectivity index (χ1n) is 9.61. The second-order valence-electron chi connectivity index (χ2n) is 7.42. The number of aromatic nitrogens is 2. The molecule has 0 saturated carbocycles. The number of hydrogen-bond acceptors (Lipinski definition) is 3. The average Bonchev–Trinajstić information content (AvgIpc) is 3.15.